The summed E-state index contributed by atoms with van der Waals surface area (Å²) in [5.41, 5.74) is 0.730. The molecule has 3 N–H and O–H groups in total. The van der Waals surface area contributed by atoms with Crippen LogP contribution in [0, 0.1) is 0 Å². The van der Waals surface area contributed by atoms with Crippen LogP contribution in [0.15, 0.2) is 6.07 Å². The molecule has 0 saturated carbocycles. The third-order valence-corrected chi connectivity index (χ3v) is 1.24. The lowest BCUT2D eigenvalue weighted by atomic mass is 10.4. The van der Waals surface area contributed by atoms with Gasteiger partial charge in [0.15, 0.2) is 0 Å². The minimum Gasteiger partial charge on any atom is -0.390 e. The van der Waals surface area contributed by atoms with Gasteiger partial charge in [0.2, 0.25) is 0 Å². The first-order valence-electron chi connectivity index (χ1n) is 3.64. The second kappa shape index (κ2) is 3.39. The first-order valence-corrected chi connectivity index (χ1v) is 3.64. The fourth-order valence-electron chi connectivity index (χ4n) is 0.812. The van der Waals surface area contributed by atoms with Gasteiger partial charge >= 0.3 is 0 Å². The highest BCUT2D eigenvalue weighted by Gasteiger charge is 1.99. The standard InChI is InChI=1S/C7H13N3O/c1-5(2)8-7-3-6(4-11)9-10-7/h3,5,11H,4H2,1-2H3,(H2,8,9,10). The second-order valence-electron chi connectivity index (χ2n) is 2.74. The number of nitrogens with one attached hydrogen (secondary N) is 2. The fourth-order valence-corrected chi connectivity index (χ4v) is 0.812. The van der Waals surface area contributed by atoms with E-state index in [2.05, 4.69) is 15.5 Å². The van der Waals surface area contributed by atoms with Crippen LogP contribution < -0.4 is 5.32 Å². The molecule has 0 amide bonds. The molecule has 0 radical (unpaired) electrons. The fraction of sp³-hybridized carbons (Fsp3) is 0.571. The number of aliphatic hydroxyl groups is 1. The molecule has 1 aromatic heterocycles. The zero-order chi connectivity index (χ0) is 8.27. The number of anilines is 1. The summed E-state index contributed by atoms with van der Waals surface area (Å²) in [6.07, 6.45) is 0. The van der Waals surface area contributed by atoms with Gasteiger partial charge in [0.1, 0.15) is 5.82 Å². The van der Waals surface area contributed by atoms with Gasteiger partial charge in [0.25, 0.3) is 0 Å². The monoisotopic (exact) mass is 155 g/mol. The van der Waals surface area contributed by atoms with E-state index >= 15 is 0 Å². The third kappa shape index (κ3) is 2.23. The van der Waals surface area contributed by atoms with Crippen LogP contribution in [0.25, 0.3) is 0 Å². The molecular weight excluding hydrogens is 142 g/mol. The van der Waals surface area contributed by atoms with Gasteiger partial charge < -0.3 is 10.4 Å². The number of hydrogen-bond acceptors (Lipinski definition) is 3. The minimum atomic E-state index is 0.00672. The number of aromatic amines is 1. The molecule has 11 heavy (non-hydrogen) atoms. The van der Waals surface area contributed by atoms with Gasteiger partial charge in [-0.1, -0.05) is 0 Å². The molecule has 0 saturated heterocycles. The van der Waals surface area contributed by atoms with Crippen LogP contribution in [0.5, 0.6) is 0 Å². The summed E-state index contributed by atoms with van der Waals surface area (Å²) >= 11 is 0. The summed E-state index contributed by atoms with van der Waals surface area (Å²) in [4.78, 5) is 0. The zero-order valence-corrected chi connectivity index (χ0v) is 6.76. The quantitative estimate of drug-likeness (QED) is 0.602. The topological polar surface area (TPSA) is 60.9 Å². The molecule has 0 fully saturated rings. The van der Waals surface area contributed by atoms with Gasteiger partial charge in [-0.25, -0.2) is 0 Å². The molecule has 0 unspecified atom stereocenters. The number of nitrogens with zero attached hydrogens (tertiary/aromatic N) is 1. The Kier molecular flexibility index (Phi) is 2.48. The predicted octanol–water partition coefficient (Wildman–Crippen LogP) is 0.722. The highest BCUT2D eigenvalue weighted by atomic mass is 16.3. The largest absolute Gasteiger partial charge is 0.390 e. The lowest BCUT2D eigenvalue weighted by Crippen LogP contribution is -2.09. The van der Waals surface area contributed by atoms with Crippen molar-refractivity contribution in [3.8, 4) is 0 Å². The molecule has 0 aliphatic carbocycles. The van der Waals surface area contributed by atoms with Crippen molar-refractivity contribution in [1.29, 1.82) is 0 Å². The number of H-pyrrole nitrogens is 1. The Morgan fingerprint density at radius 2 is 2.45 bits per heavy atom. The molecule has 62 valence electrons. The maximum atomic E-state index is 8.69. The van der Waals surface area contributed by atoms with Gasteiger partial charge in [-0.05, 0) is 13.8 Å². The van der Waals surface area contributed by atoms with Crippen molar-refractivity contribution in [2.45, 2.75) is 26.5 Å². The van der Waals surface area contributed by atoms with E-state index in [0.717, 1.165) is 11.5 Å². The van der Waals surface area contributed by atoms with Crippen molar-refractivity contribution < 1.29 is 5.11 Å². The van der Waals surface area contributed by atoms with E-state index in [1.807, 2.05) is 13.8 Å². The van der Waals surface area contributed by atoms with Gasteiger partial charge in [0.05, 0.1) is 12.3 Å². The van der Waals surface area contributed by atoms with Crippen molar-refractivity contribution in [3.63, 3.8) is 0 Å². The molecule has 0 aliphatic rings. The maximum Gasteiger partial charge on any atom is 0.148 e. The van der Waals surface area contributed by atoms with Crippen LogP contribution in [-0.4, -0.2) is 21.3 Å². The second-order valence-corrected chi connectivity index (χ2v) is 2.74. The predicted molar refractivity (Wildman–Crippen MR) is 43.3 cm³/mol. The first kappa shape index (κ1) is 8.07. The van der Waals surface area contributed by atoms with E-state index in [-0.39, 0.29) is 6.61 Å². The van der Waals surface area contributed by atoms with Crippen molar-refractivity contribution in [2.24, 2.45) is 0 Å². The van der Waals surface area contributed by atoms with Crippen molar-refractivity contribution >= 4 is 5.82 Å². The van der Waals surface area contributed by atoms with E-state index in [1.54, 1.807) is 6.07 Å². The molecule has 0 bridgehead atoms. The SMILES string of the molecule is CC(C)Nc1cc(CO)[nH]n1. The lowest BCUT2D eigenvalue weighted by Gasteiger charge is -2.03. The Bertz CT molecular complexity index is 219. The highest BCUT2D eigenvalue weighted by Crippen LogP contribution is 2.05. The van der Waals surface area contributed by atoms with Crippen LogP contribution in [0.1, 0.15) is 19.5 Å². The number of aromatic nitrogens is 2. The van der Waals surface area contributed by atoms with E-state index in [1.165, 1.54) is 0 Å². The van der Waals surface area contributed by atoms with E-state index in [4.69, 9.17) is 5.11 Å². The van der Waals surface area contributed by atoms with Crippen LogP contribution in [0.2, 0.25) is 0 Å². The summed E-state index contributed by atoms with van der Waals surface area (Å²) in [6, 6.07) is 2.16. The molecule has 1 rings (SSSR count). The van der Waals surface area contributed by atoms with Gasteiger partial charge in [-0.3, -0.25) is 5.10 Å². The molecule has 0 atom stereocenters. The molecule has 4 nitrogen and oxygen atoms in total. The first-order chi connectivity index (χ1) is 5.22. The minimum absolute atomic E-state index is 0.00672. The Hall–Kier alpha value is -1.03. The summed E-state index contributed by atoms with van der Waals surface area (Å²) in [5.74, 6) is 0.782. The Balaban J connectivity index is 2.58. The molecule has 1 heterocycles. The average molecular weight is 155 g/mol. The number of hydrogen-bond donors (Lipinski definition) is 3. The van der Waals surface area contributed by atoms with Crippen LogP contribution in [0.3, 0.4) is 0 Å². The van der Waals surface area contributed by atoms with Crippen molar-refractivity contribution in [1.82, 2.24) is 10.2 Å². The Labute approximate surface area is 65.6 Å². The molecule has 0 aromatic carbocycles. The number of rotatable bonds is 3. The summed E-state index contributed by atoms with van der Waals surface area (Å²) < 4.78 is 0. The molecular formula is C7H13N3O. The summed E-state index contributed by atoms with van der Waals surface area (Å²) in [7, 11) is 0. The molecule has 1 aromatic rings. The zero-order valence-electron chi connectivity index (χ0n) is 6.76. The van der Waals surface area contributed by atoms with Crippen LogP contribution in [0.4, 0.5) is 5.82 Å². The lowest BCUT2D eigenvalue weighted by molar-refractivity contribution is 0.276. The molecule has 0 aliphatic heterocycles. The number of aliphatic hydroxyl groups excluding tert-OH is 1. The summed E-state index contributed by atoms with van der Waals surface area (Å²) in [6.45, 7) is 4.08. The highest BCUT2D eigenvalue weighted by molar-refractivity contribution is 5.35. The van der Waals surface area contributed by atoms with Gasteiger partial charge in [-0.15, -0.1) is 0 Å². The Morgan fingerprint density at radius 3 is 2.91 bits per heavy atom. The normalized spacial score (nSPS) is 10.5. The smallest absolute Gasteiger partial charge is 0.148 e. The van der Waals surface area contributed by atoms with Crippen molar-refractivity contribution in [2.75, 3.05) is 5.32 Å². The van der Waals surface area contributed by atoms with Crippen LogP contribution in [-0.2, 0) is 6.61 Å². The van der Waals surface area contributed by atoms with E-state index in [9.17, 15) is 0 Å². The van der Waals surface area contributed by atoms with Crippen LogP contribution >= 0.6 is 0 Å². The van der Waals surface area contributed by atoms with Gasteiger partial charge in [0, 0.05) is 12.1 Å². The molecule has 0 spiro atoms. The molecule has 4 heteroatoms. The summed E-state index contributed by atoms with van der Waals surface area (Å²) in [5, 5.41) is 18.4. The van der Waals surface area contributed by atoms with Crippen molar-refractivity contribution in [3.05, 3.63) is 11.8 Å². The average Bonchev–Trinajstić information content (AvgIpc) is 2.34. The Morgan fingerprint density at radius 1 is 1.73 bits per heavy atom. The van der Waals surface area contributed by atoms with E-state index < -0.39 is 0 Å². The third-order valence-electron chi connectivity index (χ3n) is 1.24. The van der Waals surface area contributed by atoms with E-state index in [0.29, 0.717) is 6.04 Å². The maximum absolute atomic E-state index is 8.69. The van der Waals surface area contributed by atoms with Gasteiger partial charge in [-0.2, -0.15) is 5.10 Å².